The van der Waals surface area contributed by atoms with Crippen LogP contribution in [0.15, 0.2) is 48.5 Å². The molecule has 0 unspecified atom stereocenters. The van der Waals surface area contributed by atoms with Gasteiger partial charge in [-0.2, -0.15) is 0 Å². The molecule has 100 valence electrons. The van der Waals surface area contributed by atoms with Gasteiger partial charge in [-0.3, -0.25) is 0 Å². The number of carbonyl (C=O) groups is 1. The predicted octanol–water partition coefficient (Wildman–Crippen LogP) is 2.32. The number of hydrogen-bond acceptors (Lipinski definition) is 3. The molecule has 0 bridgehead atoms. The number of ether oxygens (including phenoxy) is 2. The van der Waals surface area contributed by atoms with Crippen molar-refractivity contribution in [2.24, 2.45) is 0 Å². The summed E-state index contributed by atoms with van der Waals surface area (Å²) in [5.41, 5.74) is 1.18. The molecule has 0 spiro atoms. The van der Waals surface area contributed by atoms with Crippen molar-refractivity contribution in [2.75, 3.05) is 7.11 Å². The second-order valence-corrected chi connectivity index (χ2v) is 3.95. The van der Waals surface area contributed by atoms with Crippen molar-refractivity contribution in [3.05, 3.63) is 59.7 Å². The molecule has 1 N–H and O–H groups in total. The van der Waals surface area contributed by atoms with Crippen LogP contribution in [0.1, 0.15) is 15.9 Å². The standard InChI is InChI=1S/C15H14O4.Na.H/c1-18-13-8-7-12(15(16)17)9-14(13)19-10-11-5-3-2-4-6-11;;/h2-9H,10H2,1H3,(H,16,17);;. The Hall–Kier alpha value is -1.49. The SMILES string of the molecule is COc1ccc(C(=O)O)cc1OCc1ccccc1.[NaH]. The van der Waals surface area contributed by atoms with Crippen LogP contribution < -0.4 is 9.47 Å². The summed E-state index contributed by atoms with van der Waals surface area (Å²) in [6.07, 6.45) is 0. The van der Waals surface area contributed by atoms with Crippen molar-refractivity contribution in [3.63, 3.8) is 0 Å². The fourth-order valence-electron chi connectivity index (χ4n) is 1.66. The Labute approximate surface area is 139 Å². The Balaban J connectivity index is 0.00000200. The van der Waals surface area contributed by atoms with Gasteiger partial charge in [-0.25, -0.2) is 4.79 Å². The number of aromatic carboxylic acids is 1. The summed E-state index contributed by atoms with van der Waals surface area (Å²) in [6, 6.07) is 14.2. The molecule has 20 heavy (non-hydrogen) atoms. The van der Waals surface area contributed by atoms with Gasteiger partial charge in [-0.1, -0.05) is 30.3 Å². The van der Waals surface area contributed by atoms with Gasteiger partial charge in [0.2, 0.25) is 0 Å². The van der Waals surface area contributed by atoms with Gasteiger partial charge in [0.15, 0.2) is 11.5 Å². The van der Waals surface area contributed by atoms with E-state index < -0.39 is 5.97 Å². The third-order valence-electron chi connectivity index (χ3n) is 2.65. The molecule has 0 heterocycles. The van der Waals surface area contributed by atoms with E-state index in [0.29, 0.717) is 18.1 Å². The maximum absolute atomic E-state index is 10.9. The number of hydrogen-bond donors (Lipinski definition) is 1. The molecule has 2 aromatic rings. The number of carboxylic acid groups (broad SMARTS) is 1. The van der Waals surface area contributed by atoms with E-state index in [9.17, 15) is 4.79 Å². The normalized spacial score (nSPS) is 9.45. The quantitative estimate of drug-likeness (QED) is 0.855. The number of benzene rings is 2. The fraction of sp³-hybridized carbons (Fsp3) is 0.133. The third-order valence-corrected chi connectivity index (χ3v) is 2.65. The first-order valence-electron chi connectivity index (χ1n) is 5.79. The van der Waals surface area contributed by atoms with E-state index in [2.05, 4.69) is 0 Å². The maximum atomic E-state index is 10.9. The first-order valence-corrected chi connectivity index (χ1v) is 5.79. The first kappa shape index (κ1) is 16.6. The van der Waals surface area contributed by atoms with Gasteiger partial charge in [-0.05, 0) is 23.8 Å². The summed E-state index contributed by atoms with van der Waals surface area (Å²) >= 11 is 0. The van der Waals surface area contributed by atoms with Crippen molar-refractivity contribution in [3.8, 4) is 11.5 Å². The van der Waals surface area contributed by atoms with Crippen molar-refractivity contribution in [1.82, 2.24) is 0 Å². The molecule has 5 heteroatoms. The summed E-state index contributed by atoms with van der Waals surface area (Å²) in [5.74, 6) is -0.0561. The van der Waals surface area contributed by atoms with E-state index in [1.165, 1.54) is 19.2 Å². The molecule has 2 rings (SSSR count). The minimum atomic E-state index is -0.993. The fourth-order valence-corrected chi connectivity index (χ4v) is 1.66. The van der Waals surface area contributed by atoms with Gasteiger partial charge in [-0.15, -0.1) is 0 Å². The monoisotopic (exact) mass is 282 g/mol. The average Bonchev–Trinajstić information content (AvgIpc) is 2.45. The van der Waals surface area contributed by atoms with Crippen molar-refractivity contribution in [2.45, 2.75) is 6.61 Å². The molecule has 0 aliphatic rings. The number of methoxy groups -OCH3 is 1. The number of rotatable bonds is 5. The zero-order chi connectivity index (χ0) is 13.7. The minimum absolute atomic E-state index is 0. The third kappa shape index (κ3) is 4.27. The van der Waals surface area contributed by atoms with Gasteiger partial charge >= 0.3 is 35.5 Å². The van der Waals surface area contributed by atoms with Crippen LogP contribution in [0, 0.1) is 0 Å². The van der Waals surface area contributed by atoms with E-state index >= 15 is 0 Å². The van der Waals surface area contributed by atoms with Gasteiger partial charge in [0.1, 0.15) is 6.61 Å². The van der Waals surface area contributed by atoms with Gasteiger partial charge in [0.05, 0.1) is 12.7 Å². The molecule has 0 atom stereocenters. The first-order chi connectivity index (χ1) is 9.20. The molecule has 4 nitrogen and oxygen atoms in total. The van der Waals surface area contributed by atoms with Gasteiger partial charge in [0.25, 0.3) is 0 Å². The van der Waals surface area contributed by atoms with Crippen LogP contribution >= 0.6 is 0 Å². The molecule has 0 amide bonds. The molecule has 0 aliphatic heterocycles. The van der Waals surface area contributed by atoms with Crippen LogP contribution in [-0.2, 0) is 6.61 Å². The molecular weight excluding hydrogens is 267 g/mol. The summed E-state index contributed by atoms with van der Waals surface area (Å²) in [5, 5.41) is 8.96. The molecular formula is C15H15NaO4. The second-order valence-electron chi connectivity index (χ2n) is 3.95. The van der Waals surface area contributed by atoms with E-state index in [0.717, 1.165) is 5.56 Å². The molecule has 0 saturated heterocycles. The number of carboxylic acids is 1. The van der Waals surface area contributed by atoms with Crippen LogP contribution in [0.5, 0.6) is 11.5 Å². The zero-order valence-corrected chi connectivity index (χ0v) is 10.5. The topological polar surface area (TPSA) is 55.8 Å². The summed E-state index contributed by atoms with van der Waals surface area (Å²) in [6.45, 7) is 0.361. The van der Waals surface area contributed by atoms with Crippen LogP contribution in [-0.4, -0.2) is 47.7 Å². The Bertz CT molecular complexity index is 569. The Morgan fingerprint density at radius 1 is 1.10 bits per heavy atom. The molecule has 0 aromatic heterocycles. The van der Waals surface area contributed by atoms with Crippen molar-refractivity contribution >= 4 is 35.5 Å². The Kier molecular flexibility index (Phi) is 6.58. The zero-order valence-electron chi connectivity index (χ0n) is 10.5. The Morgan fingerprint density at radius 2 is 1.80 bits per heavy atom. The molecule has 2 aromatic carbocycles. The molecule has 0 fully saturated rings. The van der Waals surface area contributed by atoms with Crippen molar-refractivity contribution in [1.29, 1.82) is 0 Å². The predicted molar refractivity (Wildman–Crippen MR) is 77.9 cm³/mol. The van der Waals surface area contributed by atoms with Crippen LogP contribution in [0.4, 0.5) is 0 Å². The van der Waals surface area contributed by atoms with Crippen molar-refractivity contribution < 1.29 is 19.4 Å². The average molecular weight is 282 g/mol. The summed E-state index contributed by atoms with van der Waals surface area (Å²) in [4.78, 5) is 10.9. The van der Waals surface area contributed by atoms with Crippen LogP contribution in [0.2, 0.25) is 0 Å². The second kappa shape index (κ2) is 7.94. The summed E-state index contributed by atoms with van der Waals surface area (Å²) in [7, 11) is 1.52. The van der Waals surface area contributed by atoms with E-state index in [1.807, 2.05) is 30.3 Å². The van der Waals surface area contributed by atoms with E-state index in [4.69, 9.17) is 14.6 Å². The molecule has 0 saturated carbocycles. The van der Waals surface area contributed by atoms with Crippen LogP contribution in [0.25, 0.3) is 0 Å². The molecule has 0 aliphatic carbocycles. The molecule has 0 radical (unpaired) electrons. The summed E-state index contributed by atoms with van der Waals surface area (Å²) < 4.78 is 10.8. The van der Waals surface area contributed by atoms with E-state index in [1.54, 1.807) is 6.07 Å². The van der Waals surface area contributed by atoms with Crippen LogP contribution in [0.3, 0.4) is 0 Å². The Morgan fingerprint density at radius 3 is 2.40 bits per heavy atom. The van der Waals surface area contributed by atoms with Gasteiger partial charge < -0.3 is 14.6 Å². The van der Waals surface area contributed by atoms with Gasteiger partial charge in [0, 0.05) is 0 Å². The van der Waals surface area contributed by atoms with E-state index in [-0.39, 0.29) is 35.1 Å².